The maximum absolute atomic E-state index is 4.35. The van der Waals surface area contributed by atoms with E-state index in [-0.39, 0.29) is 5.54 Å². The van der Waals surface area contributed by atoms with Crippen LogP contribution in [0.5, 0.6) is 0 Å². The SMILES string of the molecule is CC(c1ccccc1)(c1ccccc1)n1cncn1. The highest BCUT2D eigenvalue weighted by molar-refractivity contribution is 5.37. The van der Waals surface area contributed by atoms with Crippen LogP contribution in [0, 0.1) is 0 Å². The van der Waals surface area contributed by atoms with Gasteiger partial charge in [-0.05, 0) is 18.1 Å². The summed E-state index contributed by atoms with van der Waals surface area (Å²) >= 11 is 0. The van der Waals surface area contributed by atoms with Gasteiger partial charge in [0.15, 0.2) is 0 Å². The smallest absolute Gasteiger partial charge is 0.137 e. The van der Waals surface area contributed by atoms with Crippen molar-refractivity contribution in [2.24, 2.45) is 0 Å². The molecule has 0 radical (unpaired) electrons. The third-order valence-corrected chi connectivity index (χ3v) is 3.55. The van der Waals surface area contributed by atoms with Gasteiger partial charge in [0, 0.05) is 0 Å². The van der Waals surface area contributed by atoms with Gasteiger partial charge in [0.25, 0.3) is 0 Å². The Morgan fingerprint density at radius 2 is 1.37 bits per heavy atom. The number of benzene rings is 2. The van der Waals surface area contributed by atoms with Crippen LogP contribution < -0.4 is 0 Å². The van der Waals surface area contributed by atoms with Gasteiger partial charge in [-0.3, -0.25) is 0 Å². The van der Waals surface area contributed by atoms with E-state index in [9.17, 15) is 0 Å². The highest BCUT2D eigenvalue weighted by Gasteiger charge is 2.31. The maximum atomic E-state index is 4.35. The molecule has 0 spiro atoms. The lowest BCUT2D eigenvalue weighted by Gasteiger charge is -2.31. The van der Waals surface area contributed by atoms with Crippen LogP contribution in [0.4, 0.5) is 0 Å². The molecule has 0 saturated heterocycles. The number of rotatable bonds is 3. The normalized spacial score (nSPS) is 11.4. The molecule has 1 aromatic heterocycles. The number of hydrogen-bond donors (Lipinski definition) is 0. The Balaban J connectivity index is 2.23. The van der Waals surface area contributed by atoms with Gasteiger partial charge >= 0.3 is 0 Å². The van der Waals surface area contributed by atoms with E-state index in [1.165, 1.54) is 11.1 Å². The third-order valence-electron chi connectivity index (χ3n) is 3.55. The summed E-state index contributed by atoms with van der Waals surface area (Å²) in [5.74, 6) is 0. The molecule has 94 valence electrons. The van der Waals surface area contributed by atoms with E-state index >= 15 is 0 Å². The maximum Gasteiger partial charge on any atom is 0.137 e. The summed E-state index contributed by atoms with van der Waals surface area (Å²) in [5, 5.41) is 4.35. The molecule has 3 rings (SSSR count). The van der Waals surface area contributed by atoms with Crippen LogP contribution in [0.3, 0.4) is 0 Å². The lowest BCUT2D eigenvalue weighted by atomic mass is 9.85. The molecule has 0 fully saturated rings. The van der Waals surface area contributed by atoms with Crippen molar-refractivity contribution in [3.05, 3.63) is 84.4 Å². The molecule has 2 aromatic carbocycles. The first-order valence-electron chi connectivity index (χ1n) is 6.28. The predicted octanol–water partition coefficient (Wildman–Crippen LogP) is 3.09. The van der Waals surface area contributed by atoms with Gasteiger partial charge in [-0.2, -0.15) is 5.10 Å². The highest BCUT2D eigenvalue weighted by Crippen LogP contribution is 2.32. The van der Waals surface area contributed by atoms with Crippen molar-refractivity contribution in [2.45, 2.75) is 12.5 Å². The number of aromatic nitrogens is 3. The van der Waals surface area contributed by atoms with Gasteiger partial charge in [0.1, 0.15) is 18.2 Å². The first kappa shape index (κ1) is 11.7. The summed E-state index contributed by atoms with van der Waals surface area (Å²) in [7, 11) is 0. The second-order valence-electron chi connectivity index (χ2n) is 4.64. The molecule has 0 aliphatic rings. The van der Waals surface area contributed by atoms with Gasteiger partial charge in [-0.15, -0.1) is 0 Å². The van der Waals surface area contributed by atoms with Gasteiger partial charge in [0.05, 0.1) is 0 Å². The second-order valence-corrected chi connectivity index (χ2v) is 4.64. The van der Waals surface area contributed by atoms with E-state index in [2.05, 4.69) is 41.3 Å². The van der Waals surface area contributed by atoms with Gasteiger partial charge < -0.3 is 0 Å². The fourth-order valence-electron chi connectivity index (χ4n) is 2.40. The molecule has 0 amide bonds. The lowest BCUT2D eigenvalue weighted by molar-refractivity contribution is 0.424. The van der Waals surface area contributed by atoms with Gasteiger partial charge in [-0.1, -0.05) is 60.7 Å². The molecule has 0 aliphatic carbocycles. The van der Waals surface area contributed by atoms with E-state index < -0.39 is 0 Å². The Bertz CT molecular complexity index is 591. The van der Waals surface area contributed by atoms with Gasteiger partial charge in [-0.25, -0.2) is 9.67 Å². The van der Waals surface area contributed by atoms with Crippen LogP contribution in [-0.2, 0) is 5.54 Å². The largest absolute Gasteiger partial charge is 0.238 e. The summed E-state index contributed by atoms with van der Waals surface area (Å²) in [5.41, 5.74) is 2.03. The Morgan fingerprint density at radius 3 is 1.79 bits per heavy atom. The topological polar surface area (TPSA) is 30.7 Å². The molecule has 1 heterocycles. The highest BCUT2D eigenvalue weighted by atomic mass is 15.4. The minimum atomic E-state index is -0.348. The Hall–Kier alpha value is -2.42. The minimum absolute atomic E-state index is 0.348. The number of nitrogens with zero attached hydrogens (tertiary/aromatic N) is 3. The zero-order chi connectivity index (χ0) is 13.1. The fourth-order valence-corrected chi connectivity index (χ4v) is 2.40. The molecular weight excluding hydrogens is 234 g/mol. The molecule has 3 aromatic rings. The third kappa shape index (κ3) is 1.93. The molecule has 0 bridgehead atoms. The summed E-state index contributed by atoms with van der Waals surface area (Å²) in [6, 6.07) is 20.7. The standard InChI is InChI=1S/C16H15N3/c1-16(19-13-17-12-18-19,14-8-4-2-5-9-14)15-10-6-3-7-11-15/h2-13H,1H3. The van der Waals surface area contributed by atoms with Crippen molar-refractivity contribution in [1.82, 2.24) is 14.8 Å². The van der Waals surface area contributed by atoms with Crippen molar-refractivity contribution in [3.63, 3.8) is 0 Å². The van der Waals surface area contributed by atoms with E-state index in [1.807, 2.05) is 41.1 Å². The van der Waals surface area contributed by atoms with Crippen molar-refractivity contribution >= 4 is 0 Å². The van der Waals surface area contributed by atoms with Crippen molar-refractivity contribution in [2.75, 3.05) is 0 Å². The fraction of sp³-hybridized carbons (Fsp3) is 0.125. The van der Waals surface area contributed by atoms with Crippen LogP contribution in [0.15, 0.2) is 73.3 Å². The quantitative estimate of drug-likeness (QED) is 0.714. The van der Waals surface area contributed by atoms with Crippen molar-refractivity contribution in [3.8, 4) is 0 Å². The Morgan fingerprint density at radius 1 is 0.842 bits per heavy atom. The van der Waals surface area contributed by atoms with Crippen molar-refractivity contribution in [1.29, 1.82) is 0 Å². The van der Waals surface area contributed by atoms with Crippen LogP contribution in [0.2, 0.25) is 0 Å². The summed E-state index contributed by atoms with van der Waals surface area (Å²) in [6.07, 6.45) is 3.34. The predicted molar refractivity (Wildman–Crippen MR) is 74.8 cm³/mol. The molecule has 0 saturated carbocycles. The summed E-state index contributed by atoms with van der Waals surface area (Å²) in [6.45, 7) is 2.16. The first-order valence-corrected chi connectivity index (χ1v) is 6.28. The molecule has 0 atom stereocenters. The van der Waals surface area contributed by atoms with E-state index in [0.29, 0.717) is 0 Å². The molecule has 3 nitrogen and oxygen atoms in total. The zero-order valence-corrected chi connectivity index (χ0v) is 10.8. The average Bonchev–Trinajstić information content (AvgIpc) is 3.03. The van der Waals surface area contributed by atoms with Crippen LogP contribution in [-0.4, -0.2) is 14.8 Å². The molecule has 0 unspecified atom stereocenters. The molecule has 19 heavy (non-hydrogen) atoms. The van der Waals surface area contributed by atoms with E-state index in [1.54, 1.807) is 12.7 Å². The summed E-state index contributed by atoms with van der Waals surface area (Å²) < 4.78 is 1.90. The van der Waals surface area contributed by atoms with Crippen molar-refractivity contribution < 1.29 is 0 Å². The van der Waals surface area contributed by atoms with Crippen LogP contribution in [0.25, 0.3) is 0 Å². The molecule has 0 aliphatic heterocycles. The first-order chi connectivity index (χ1) is 9.32. The lowest BCUT2D eigenvalue weighted by Crippen LogP contribution is -2.33. The molecule has 0 N–H and O–H groups in total. The monoisotopic (exact) mass is 249 g/mol. The number of hydrogen-bond acceptors (Lipinski definition) is 2. The van der Waals surface area contributed by atoms with E-state index in [0.717, 1.165) is 0 Å². The van der Waals surface area contributed by atoms with Crippen LogP contribution >= 0.6 is 0 Å². The second kappa shape index (κ2) is 4.69. The Kier molecular flexibility index (Phi) is 2.88. The molecular formula is C16H15N3. The Labute approximate surface area is 112 Å². The summed E-state index contributed by atoms with van der Waals surface area (Å²) in [4.78, 5) is 4.09. The average molecular weight is 249 g/mol. The van der Waals surface area contributed by atoms with E-state index in [4.69, 9.17) is 0 Å². The minimum Gasteiger partial charge on any atom is -0.238 e. The molecule has 3 heteroatoms. The van der Waals surface area contributed by atoms with Crippen LogP contribution in [0.1, 0.15) is 18.1 Å². The zero-order valence-electron chi connectivity index (χ0n) is 10.8. The van der Waals surface area contributed by atoms with Gasteiger partial charge in [0.2, 0.25) is 0 Å².